The number of carboxylic acid groups (broad SMARTS) is 1. The molecule has 1 fully saturated rings. The molecule has 7 nitrogen and oxygen atoms in total. The predicted molar refractivity (Wildman–Crippen MR) is 72.5 cm³/mol. The maximum Gasteiger partial charge on any atom is 0.511 e. The first-order chi connectivity index (χ1) is 10.1. The van der Waals surface area contributed by atoms with Gasteiger partial charge in [-0.15, -0.1) is 0 Å². The smallest absolute Gasteiger partial charge is 0.493 e. The van der Waals surface area contributed by atoms with E-state index in [1.807, 2.05) is 17.0 Å². The molecule has 1 aromatic carbocycles. The molecule has 1 heterocycles. The van der Waals surface area contributed by atoms with E-state index in [1.54, 1.807) is 0 Å². The summed E-state index contributed by atoms with van der Waals surface area (Å²) in [5, 5.41) is 27.5. The zero-order valence-electron chi connectivity index (χ0n) is 11.4. The van der Waals surface area contributed by atoms with E-state index < -0.39 is 6.16 Å². The van der Waals surface area contributed by atoms with E-state index in [9.17, 15) is 15.3 Å². The fraction of sp³-hybridized carbons (Fsp3) is 0.357. The Kier molecular flexibility index (Phi) is 4.15. The summed E-state index contributed by atoms with van der Waals surface area (Å²) in [5.74, 6) is -0.123. The van der Waals surface area contributed by atoms with E-state index in [0.29, 0.717) is 18.8 Å². The predicted octanol–water partition coefficient (Wildman–Crippen LogP) is 2.10. The number of nitriles is 2. The number of anilines is 1. The van der Waals surface area contributed by atoms with Gasteiger partial charge in [0.25, 0.3) is 0 Å². The van der Waals surface area contributed by atoms with E-state index in [0.717, 1.165) is 12.8 Å². The number of hydrogen-bond donors (Lipinski definition) is 1. The largest absolute Gasteiger partial charge is 0.511 e. The molecule has 0 radical (unpaired) electrons. The first kappa shape index (κ1) is 14.5. The summed E-state index contributed by atoms with van der Waals surface area (Å²) in [6.45, 7) is 1.42. The van der Waals surface area contributed by atoms with Crippen LogP contribution in [0.1, 0.15) is 24.0 Å². The molecule has 108 valence electrons. The number of carbonyl (C=O) groups is 1. The van der Waals surface area contributed by atoms with Crippen LogP contribution in [0, 0.1) is 22.7 Å². The molecular formula is C14H13N3O4. The highest BCUT2D eigenvalue weighted by molar-refractivity contribution is 5.78. The molecule has 0 atom stereocenters. The molecule has 1 aromatic rings. The lowest BCUT2D eigenvalue weighted by atomic mass is 10.0. The van der Waals surface area contributed by atoms with Crippen LogP contribution in [0.25, 0.3) is 0 Å². The van der Waals surface area contributed by atoms with E-state index in [4.69, 9.17) is 14.6 Å². The molecule has 0 amide bonds. The Balaban J connectivity index is 2.69. The van der Waals surface area contributed by atoms with Crippen molar-refractivity contribution in [1.29, 1.82) is 10.5 Å². The molecule has 7 heteroatoms. The molecular weight excluding hydrogens is 274 g/mol. The van der Waals surface area contributed by atoms with Gasteiger partial charge in [0.15, 0.2) is 11.5 Å². The third-order valence-corrected chi connectivity index (χ3v) is 3.28. The fourth-order valence-electron chi connectivity index (χ4n) is 2.43. The van der Waals surface area contributed by atoms with Gasteiger partial charge in [-0.1, -0.05) is 0 Å². The minimum atomic E-state index is -1.54. The van der Waals surface area contributed by atoms with Crippen LogP contribution in [0.4, 0.5) is 10.5 Å². The molecule has 0 aliphatic carbocycles. The van der Waals surface area contributed by atoms with Gasteiger partial charge in [-0.3, -0.25) is 0 Å². The number of ether oxygens (including phenoxy) is 2. The van der Waals surface area contributed by atoms with Crippen molar-refractivity contribution in [3.63, 3.8) is 0 Å². The lowest BCUT2D eigenvalue weighted by molar-refractivity contribution is 0.142. The summed E-state index contributed by atoms with van der Waals surface area (Å²) >= 11 is 0. The second-order valence-electron chi connectivity index (χ2n) is 4.46. The van der Waals surface area contributed by atoms with Crippen molar-refractivity contribution in [1.82, 2.24) is 0 Å². The average molecular weight is 287 g/mol. The van der Waals surface area contributed by atoms with Crippen molar-refractivity contribution in [2.75, 3.05) is 25.1 Å². The SMILES string of the molecule is COc1cc(C#N)c(N2CCCC2)c(C#N)c1OC(=O)O. The molecule has 21 heavy (non-hydrogen) atoms. The summed E-state index contributed by atoms with van der Waals surface area (Å²) in [4.78, 5) is 12.7. The van der Waals surface area contributed by atoms with Gasteiger partial charge in [-0.25, -0.2) is 4.79 Å². The highest BCUT2D eigenvalue weighted by atomic mass is 16.7. The lowest BCUT2D eigenvalue weighted by Gasteiger charge is -2.22. The summed E-state index contributed by atoms with van der Waals surface area (Å²) in [6.07, 6.45) is 0.371. The topological polar surface area (TPSA) is 107 Å². The van der Waals surface area contributed by atoms with Gasteiger partial charge in [-0.05, 0) is 12.8 Å². The number of methoxy groups -OCH3 is 1. The summed E-state index contributed by atoms with van der Waals surface area (Å²) < 4.78 is 9.73. The highest BCUT2D eigenvalue weighted by Crippen LogP contribution is 2.41. The molecule has 1 saturated heterocycles. The molecule has 0 aromatic heterocycles. The van der Waals surface area contributed by atoms with E-state index in [1.165, 1.54) is 13.2 Å². The molecule has 0 bridgehead atoms. The zero-order valence-corrected chi connectivity index (χ0v) is 11.4. The van der Waals surface area contributed by atoms with Crippen LogP contribution < -0.4 is 14.4 Å². The van der Waals surface area contributed by atoms with Gasteiger partial charge in [0.05, 0.1) is 18.4 Å². The third-order valence-electron chi connectivity index (χ3n) is 3.28. The number of rotatable bonds is 3. The zero-order chi connectivity index (χ0) is 15.4. The van der Waals surface area contributed by atoms with Crippen molar-refractivity contribution in [2.24, 2.45) is 0 Å². The monoisotopic (exact) mass is 287 g/mol. The van der Waals surface area contributed by atoms with Crippen LogP contribution in [0.15, 0.2) is 6.07 Å². The summed E-state index contributed by atoms with van der Waals surface area (Å²) in [7, 11) is 1.32. The number of hydrogen-bond acceptors (Lipinski definition) is 6. The van der Waals surface area contributed by atoms with Crippen LogP contribution in [0.2, 0.25) is 0 Å². The Labute approximate surface area is 121 Å². The highest BCUT2D eigenvalue weighted by Gasteiger charge is 2.27. The lowest BCUT2D eigenvalue weighted by Crippen LogP contribution is -2.21. The summed E-state index contributed by atoms with van der Waals surface area (Å²) in [5.41, 5.74) is 0.688. The minimum Gasteiger partial charge on any atom is -0.493 e. The van der Waals surface area contributed by atoms with Gasteiger partial charge < -0.3 is 19.5 Å². The van der Waals surface area contributed by atoms with Crippen molar-refractivity contribution in [3.8, 4) is 23.6 Å². The molecule has 2 rings (SSSR count). The standard InChI is InChI=1S/C14H13N3O4/c1-20-11-6-9(7-15)12(17-4-2-3-5-17)10(8-16)13(11)21-14(18)19/h6H,2-5H2,1H3,(H,18,19). The van der Waals surface area contributed by atoms with E-state index in [-0.39, 0.29) is 22.6 Å². The molecule has 1 aliphatic heterocycles. The van der Waals surface area contributed by atoms with Gasteiger partial charge in [0, 0.05) is 19.2 Å². The van der Waals surface area contributed by atoms with Crippen LogP contribution in [0.3, 0.4) is 0 Å². The molecule has 0 saturated carbocycles. The Morgan fingerprint density at radius 1 is 1.33 bits per heavy atom. The second-order valence-corrected chi connectivity index (χ2v) is 4.46. The maximum atomic E-state index is 10.8. The molecule has 0 unspecified atom stereocenters. The van der Waals surface area contributed by atoms with Crippen LogP contribution >= 0.6 is 0 Å². The average Bonchev–Trinajstić information content (AvgIpc) is 2.99. The Morgan fingerprint density at radius 3 is 2.48 bits per heavy atom. The van der Waals surface area contributed by atoms with Crippen molar-refractivity contribution in [2.45, 2.75) is 12.8 Å². The Hall–Kier alpha value is -2.93. The van der Waals surface area contributed by atoms with Gasteiger partial charge in [0.1, 0.15) is 17.7 Å². The van der Waals surface area contributed by atoms with Gasteiger partial charge in [-0.2, -0.15) is 10.5 Å². The van der Waals surface area contributed by atoms with Crippen molar-refractivity contribution >= 4 is 11.8 Å². The molecule has 0 spiro atoms. The first-order valence-electron chi connectivity index (χ1n) is 6.33. The van der Waals surface area contributed by atoms with E-state index >= 15 is 0 Å². The van der Waals surface area contributed by atoms with Crippen molar-refractivity contribution < 1.29 is 19.4 Å². The summed E-state index contributed by atoms with van der Waals surface area (Å²) in [6, 6.07) is 5.36. The normalized spacial score (nSPS) is 13.4. The second kappa shape index (κ2) is 6.02. The van der Waals surface area contributed by atoms with Crippen LogP contribution in [-0.2, 0) is 0 Å². The van der Waals surface area contributed by atoms with Gasteiger partial charge >= 0.3 is 6.16 Å². The van der Waals surface area contributed by atoms with Crippen LogP contribution in [0.5, 0.6) is 11.5 Å². The minimum absolute atomic E-state index is 0.00944. The maximum absolute atomic E-state index is 10.8. The Morgan fingerprint density at radius 2 is 2.00 bits per heavy atom. The van der Waals surface area contributed by atoms with E-state index in [2.05, 4.69) is 0 Å². The fourth-order valence-corrected chi connectivity index (χ4v) is 2.43. The van der Waals surface area contributed by atoms with Gasteiger partial charge in [0.2, 0.25) is 0 Å². The van der Waals surface area contributed by atoms with Crippen LogP contribution in [-0.4, -0.2) is 31.5 Å². The van der Waals surface area contributed by atoms with Crippen molar-refractivity contribution in [3.05, 3.63) is 17.2 Å². The molecule has 1 N–H and O–H groups in total. The first-order valence-corrected chi connectivity index (χ1v) is 6.33. The Bertz CT molecular complexity index is 652. The number of benzene rings is 1. The number of nitrogens with zero attached hydrogens (tertiary/aromatic N) is 3. The quantitative estimate of drug-likeness (QED) is 0.670. The molecule has 1 aliphatic rings. The third kappa shape index (κ3) is 2.67.